The van der Waals surface area contributed by atoms with E-state index >= 15 is 0 Å². The Kier molecular flexibility index (Phi) is 9.37. The number of nitrogens with two attached hydrogens (primary N) is 1. The summed E-state index contributed by atoms with van der Waals surface area (Å²) in [7, 11) is 0. The van der Waals surface area contributed by atoms with Gasteiger partial charge in [-0.2, -0.15) is 0 Å². The normalized spacial score (nSPS) is 12.8. The van der Waals surface area contributed by atoms with Crippen molar-refractivity contribution < 1.29 is 4.74 Å². The van der Waals surface area contributed by atoms with Crippen LogP contribution in [0.4, 0.5) is 0 Å². The maximum atomic E-state index is 5.91. The van der Waals surface area contributed by atoms with Crippen LogP contribution in [0.2, 0.25) is 0 Å². The third-order valence-electron chi connectivity index (χ3n) is 2.65. The van der Waals surface area contributed by atoms with Gasteiger partial charge in [-0.1, -0.05) is 19.1 Å². The minimum absolute atomic E-state index is 0. The lowest BCUT2D eigenvalue weighted by Crippen LogP contribution is -2.37. The molecule has 0 radical (unpaired) electrons. The second kappa shape index (κ2) is 9.85. The number of aliphatic imine (C=N–C) groups is 1. The van der Waals surface area contributed by atoms with Crippen LogP contribution in [0.25, 0.3) is 0 Å². The smallest absolute Gasteiger partial charge is 0.188 e. The summed E-state index contributed by atoms with van der Waals surface area (Å²) in [6.45, 7) is 8.76. The fourth-order valence-electron chi connectivity index (χ4n) is 1.67. The first kappa shape index (κ1) is 19.0. The van der Waals surface area contributed by atoms with Gasteiger partial charge in [0.15, 0.2) is 5.96 Å². The highest BCUT2D eigenvalue weighted by atomic mass is 127. The Morgan fingerprint density at radius 2 is 2.10 bits per heavy atom. The molecule has 1 unspecified atom stereocenters. The van der Waals surface area contributed by atoms with Crippen LogP contribution in [0, 0.1) is 6.92 Å². The van der Waals surface area contributed by atoms with Gasteiger partial charge in [-0.05, 0) is 44.9 Å². The second-order valence-corrected chi connectivity index (χ2v) is 4.99. The molecule has 0 aliphatic rings. The number of benzene rings is 1. The minimum Gasteiger partial charge on any atom is -0.489 e. The Labute approximate surface area is 139 Å². The van der Waals surface area contributed by atoms with Gasteiger partial charge in [-0.25, -0.2) is 4.99 Å². The van der Waals surface area contributed by atoms with E-state index in [9.17, 15) is 0 Å². The predicted octanol–water partition coefficient (Wildman–Crippen LogP) is 3.08. The number of ether oxygens (including phenoxy) is 1. The number of hydrogen-bond acceptors (Lipinski definition) is 2. The molecule has 114 valence electrons. The van der Waals surface area contributed by atoms with E-state index in [1.807, 2.05) is 32.0 Å². The van der Waals surface area contributed by atoms with Gasteiger partial charge in [0, 0.05) is 6.04 Å². The number of hydrogen-bond donors (Lipinski definition) is 2. The molecular weight excluding hydrogens is 365 g/mol. The Morgan fingerprint density at radius 1 is 1.40 bits per heavy atom. The van der Waals surface area contributed by atoms with Crippen molar-refractivity contribution in [2.45, 2.75) is 46.3 Å². The molecular formula is C15H26IN3O. The summed E-state index contributed by atoms with van der Waals surface area (Å²) in [6.07, 6.45) is 0.946. The summed E-state index contributed by atoms with van der Waals surface area (Å²) >= 11 is 0. The monoisotopic (exact) mass is 391 g/mol. The lowest BCUT2D eigenvalue weighted by atomic mass is 10.2. The standard InChI is InChI=1S/C15H25N3O.HI/c1-5-13(10-17-15(16)18-11(2)3)19-14-8-6-7-12(4)9-14;/h6-9,11,13H,5,10H2,1-4H3,(H3,16,17,18);1H. The number of nitrogens with one attached hydrogen (secondary N) is 1. The molecule has 0 spiro atoms. The van der Waals surface area contributed by atoms with Gasteiger partial charge in [0.05, 0.1) is 6.54 Å². The van der Waals surface area contributed by atoms with Gasteiger partial charge in [-0.15, -0.1) is 24.0 Å². The van der Waals surface area contributed by atoms with E-state index in [1.54, 1.807) is 0 Å². The zero-order valence-electron chi connectivity index (χ0n) is 12.7. The summed E-state index contributed by atoms with van der Waals surface area (Å²) in [6, 6.07) is 8.34. The van der Waals surface area contributed by atoms with Crippen molar-refractivity contribution in [3.8, 4) is 5.75 Å². The first-order valence-electron chi connectivity index (χ1n) is 6.81. The number of guanidine groups is 1. The molecule has 0 fully saturated rings. The number of aryl methyl sites for hydroxylation is 1. The fourth-order valence-corrected chi connectivity index (χ4v) is 1.67. The second-order valence-electron chi connectivity index (χ2n) is 4.99. The van der Waals surface area contributed by atoms with Crippen LogP contribution in [0.5, 0.6) is 5.75 Å². The third-order valence-corrected chi connectivity index (χ3v) is 2.65. The van der Waals surface area contributed by atoms with E-state index in [0.717, 1.165) is 12.2 Å². The number of nitrogens with zero attached hydrogens (tertiary/aromatic N) is 1. The van der Waals surface area contributed by atoms with Crippen LogP contribution in [-0.2, 0) is 0 Å². The van der Waals surface area contributed by atoms with E-state index in [4.69, 9.17) is 10.5 Å². The van der Waals surface area contributed by atoms with E-state index in [1.165, 1.54) is 5.56 Å². The lowest BCUT2D eigenvalue weighted by molar-refractivity contribution is 0.205. The lowest BCUT2D eigenvalue weighted by Gasteiger charge is -2.17. The molecule has 1 aromatic carbocycles. The first-order valence-corrected chi connectivity index (χ1v) is 6.81. The summed E-state index contributed by atoms with van der Waals surface area (Å²) in [5.41, 5.74) is 6.97. The Balaban J connectivity index is 0.00000361. The molecule has 0 aliphatic heterocycles. The van der Waals surface area contributed by atoms with E-state index in [0.29, 0.717) is 18.5 Å². The van der Waals surface area contributed by atoms with E-state index in [2.05, 4.69) is 30.2 Å². The predicted molar refractivity (Wildman–Crippen MR) is 96.1 cm³/mol. The Hall–Kier alpha value is -0.980. The van der Waals surface area contributed by atoms with Gasteiger partial charge >= 0.3 is 0 Å². The van der Waals surface area contributed by atoms with Gasteiger partial charge in [0.25, 0.3) is 0 Å². The molecule has 0 saturated carbocycles. The van der Waals surface area contributed by atoms with Gasteiger partial charge in [0.1, 0.15) is 11.9 Å². The third kappa shape index (κ3) is 7.57. The molecule has 0 saturated heterocycles. The molecule has 0 aliphatic carbocycles. The quantitative estimate of drug-likeness (QED) is 0.445. The average molecular weight is 391 g/mol. The highest BCUT2D eigenvalue weighted by Crippen LogP contribution is 2.15. The topological polar surface area (TPSA) is 59.6 Å². The van der Waals surface area contributed by atoms with Crippen molar-refractivity contribution in [2.75, 3.05) is 6.54 Å². The molecule has 0 bridgehead atoms. The van der Waals surface area contributed by atoms with Gasteiger partial charge in [-0.3, -0.25) is 0 Å². The van der Waals surface area contributed by atoms with Crippen LogP contribution >= 0.6 is 24.0 Å². The SMILES string of the molecule is CCC(CN=C(N)NC(C)C)Oc1cccc(C)c1.I. The fraction of sp³-hybridized carbons (Fsp3) is 0.533. The summed E-state index contributed by atoms with van der Waals surface area (Å²) in [5.74, 6) is 1.36. The molecule has 0 heterocycles. The highest BCUT2D eigenvalue weighted by Gasteiger charge is 2.08. The highest BCUT2D eigenvalue weighted by molar-refractivity contribution is 14.0. The molecule has 3 N–H and O–H groups in total. The van der Waals surface area contributed by atoms with Crippen molar-refractivity contribution in [1.82, 2.24) is 5.32 Å². The van der Waals surface area contributed by atoms with Crippen molar-refractivity contribution in [3.63, 3.8) is 0 Å². The van der Waals surface area contributed by atoms with Gasteiger partial charge < -0.3 is 15.8 Å². The average Bonchev–Trinajstić information content (AvgIpc) is 2.33. The van der Waals surface area contributed by atoms with Crippen molar-refractivity contribution in [3.05, 3.63) is 29.8 Å². The molecule has 0 aromatic heterocycles. The molecule has 0 amide bonds. The molecule has 20 heavy (non-hydrogen) atoms. The molecule has 5 heteroatoms. The van der Waals surface area contributed by atoms with Crippen LogP contribution in [0.15, 0.2) is 29.3 Å². The zero-order chi connectivity index (χ0) is 14.3. The van der Waals surface area contributed by atoms with Crippen LogP contribution < -0.4 is 15.8 Å². The van der Waals surface area contributed by atoms with Crippen LogP contribution in [0.3, 0.4) is 0 Å². The van der Waals surface area contributed by atoms with Crippen molar-refractivity contribution in [2.24, 2.45) is 10.7 Å². The molecule has 1 atom stereocenters. The summed E-state index contributed by atoms with van der Waals surface area (Å²) < 4.78 is 5.91. The Morgan fingerprint density at radius 3 is 2.65 bits per heavy atom. The summed E-state index contributed by atoms with van der Waals surface area (Å²) in [4.78, 5) is 4.31. The summed E-state index contributed by atoms with van der Waals surface area (Å²) in [5, 5.41) is 3.07. The van der Waals surface area contributed by atoms with Crippen LogP contribution in [0.1, 0.15) is 32.8 Å². The van der Waals surface area contributed by atoms with Gasteiger partial charge in [0.2, 0.25) is 0 Å². The van der Waals surface area contributed by atoms with Crippen molar-refractivity contribution >= 4 is 29.9 Å². The zero-order valence-corrected chi connectivity index (χ0v) is 15.0. The molecule has 1 rings (SSSR count). The van der Waals surface area contributed by atoms with Crippen molar-refractivity contribution in [1.29, 1.82) is 0 Å². The number of rotatable bonds is 6. The Bertz CT molecular complexity index is 421. The minimum atomic E-state index is 0. The van der Waals surface area contributed by atoms with Crippen LogP contribution in [-0.4, -0.2) is 24.7 Å². The number of halogens is 1. The largest absolute Gasteiger partial charge is 0.489 e. The first-order chi connectivity index (χ1) is 9.01. The molecule has 4 nitrogen and oxygen atoms in total. The van der Waals surface area contributed by atoms with E-state index in [-0.39, 0.29) is 30.1 Å². The maximum Gasteiger partial charge on any atom is 0.188 e. The maximum absolute atomic E-state index is 5.91. The molecule has 1 aromatic rings. The van der Waals surface area contributed by atoms with E-state index < -0.39 is 0 Å².